The van der Waals surface area contributed by atoms with E-state index in [4.69, 9.17) is 4.74 Å². The highest BCUT2D eigenvalue weighted by Crippen LogP contribution is 2.54. The molecule has 1 saturated carbocycles. The Morgan fingerprint density at radius 3 is 2.85 bits per heavy atom. The zero-order valence-corrected chi connectivity index (χ0v) is 16.5. The molecule has 0 amide bonds. The van der Waals surface area contributed by atoms with Crippen molar-refractivity contribution in [2.45, 2.75) is 58.5 Å². The van der Waals surface area contributed by atoms with E-state index in [0.717, 1.165) is 37.9 Å². The van der Waals surface area contributed by atoms with Crippen molar-refractivity contribution in [1.29, 1.82) is 0 Å². The molecule has 4 rings (SSSR count). The fourth-order valence-electron chi connectivity index (χ4n) is 5.60. The monoisotopic (exact) mass is 372 g/mol. The van der Waals surface area contributed by atoms with Gasteiger partial charge in [-0.05, 0) is 62.1 Å². The van der Waals surface area contributed by atoms with Crippen LogP contribution in [0.2, 0.25) is 0 Å². The molecular formula is C23H31FNO2+. The van der Waals surface area contributed by atoms with E-state index in [0.29, 0.717) is 5.92 Å². The highest BCUT2D eigenvalue weighted by molar-refractivity contribution is 5.75. The molecular weight excluding hydrogens is 341 g/mol. The number of hydrogen-bond donors (Lipinski definition) is 1. The number of halogens is 1. The minimum atomic E-state index is -0.195. The van der Waals surface area contributed by atoms with Gasteiger partial charge in [-0.15, -0.1) is 0 Å². The lowest BCUT2D eigenvalue weighted by Gasteiger charge is -2.45. The number of nitrogens with two attached hydrogens (primary N) is 1. The third-order valence-electron chi connectivity index (χ3n) is 7.15. The second kappa shape index (κ2) is 7.38. The van der Waals surface area contributed by atoms with E-state index in [9.17, 15) is 9.18 Å². The maximum absolute atomic E-state index is 13.0. The Labute approximate surface area is 161 Å². The lowest BCUT2D eigenvalue weighted by molar-refractivity contribution is -0.658. The van der Waals surface area contributed by atoms with Gasteiger partial charge < -0.3 is 10.1 Å². The molecule has 3 aliphatic rings. The van der Waals surface area contributed by atoms with Crippen LogP contribution in [0, 0.1) is 23.1 Å². The molecule has 2 N–H and O–H groups in total. The number of ether oxygens (including phenoxy) is 1. The molecule has 0 radical (unpaired) electrons. The van der Waals surface area contributed by atoms with E-state index < -0.39 is 0 Å². The smallest absolute Gasteiger partial charge is 0.315 e. The van der Waals surface area contributed by atoms with Gasteiger partial charge in [0.25, 0.3) is 0 Å². The van der Waals surface area contributed by atoms with Gasteiger partial charge in [-0.1, -0.05) is 30.2 Å². The quantitative estimate of drug-likeness (QED) is 0.489. The topological polar surface area (TPSA) is 42.9 Å². The predicted octanol–water partition coefficient (Wildman–Crippen LogP) is 3.39. The second-order valence-electron chi connectivity index (χ2n) is 9.02. The average Bonchev–Trinajstić information content (AvgIpc) is 2.92. The number of quaternary nitrogens is 1. The molecule has 0 spiro atoms. The summed E-state index contributed by atoms with van der Waals surface area (Å²) in [6, 6.07) is 6.69. The minimum Gasteiger partial charge on any atom is -0.462 e. The van der Waals surface area contributed by atoms with Crippen molar-refractivity contribution in [3.8, 4) is 0 Å². The van der Waals surface area contributed by atoms with Crippen LogP contribution >= 0.6 is 0 Å². The number of allylic oxidation sites excluding steroid dienone is 2. The molecule has 27 heavy (non-hydrogen) atoms. The number of rotatable bonds is 5. The van der Waals surface area contributed by atoms with Crippen molar-refractivity contribution in [3.63, 3.8) is 0 Å². The van der Waals surface area contributed by atoms with Crippen LogP contribution in [0.3, 0.4) is 0 Å². The molecule has 1 saturated heterocycles. The van der Waals surface area contributed by atoms with E-state index in [1.165, 1.54) is 31.4 Å². The molecule has 146 valence electrons. The van der Waals surface area contributed by atoms with Gasteiger partial charge in [0.2, 0.25) is 0 Å². The fraction of sp³-hybridized carbons (Fsp3) is 0.609. The van der Waals surface area contributed by atoms with E-state index in [1.807, 2.05) is 12.1 Å². The van der Waals surface area contributed by atoms with Gasteiger partial charge >= 0.3 is 5.97 Å². The third-order valence-corrected chi connectivity index (χ3v) is 7.15. The van der Waals surface area contributed by atoms with Crippen LogP contribution in [-0.2, 0) is 16.0 Å². The van der Waals surface area contributed by atoms with E-state index in [1.54, 1.807) is 11.1 Å². The van der Waals surface area contributed by atoms with Crippen LogP contribution in [0.1, 0.15) is 51.5 Å². The molecule has 1 aromatic carbocycles. The summed E-state index contributed by atoms with van der Waals surface area (Å²) in [5.74, 6) is 0.160. The number of fused-ring (bicyclic) bond motifs is 2. The maximum Gasteiger partial charge on any atom is 0.315 e. The van der Waals surface area contributed by atoms with Crippen LogP contribution in [-0.4, -0.2) is 25.2 Å². The predicted molar refractivity (Wildman–Crippen MR) is 103 cm³/mol. The molecule has 2 aliphatic carbocycles. The van der Waals surface area contributed by atoms with Gasteiger partial charge in [0, 0.05) is 12.3 Å². The molecule has 0 aromatic heterocycles. The molecule has 2 fully saturated rings. The second-order valence-corrected chi connectivity index (χ2v) is 9.02. The Kier molecular flexibility index (Phi) is 5.11. The Morgan fingerprint density at radius 2 is 2.07 bits per heavy atom. The van der Waals surface area contributed by atoms with Crippen LogP contribution < -0.4 is 5.32 Å². The van der Waals surface area contributed by atoms with Gasteiger partial charge in [-0.3, -0.25) is 4.79 Å². The Bertz CT molecular complexity index is 741. The summed E-state index contributed by atoms with van der Waals surface area (Å²) >= 11 is 0. The molecule has 1 aliphatic heterocycles. The first-order valence-electron chi connectivity index (χ1n) is 10.4. The number of benzene rings is 1. The van der Waals surface area contributed by atoms with Crippen LogP contribution in [0.15, 0.2) is 35.4 Å². The van der Waals surface area contributed by atoms with Crippen molar-refractivity contribution in [1.82, 2.24) is 0 Å². The summed E-state index contributed by atoms with van der Waals surface area (Å²) in [7, 11) is 0. The molecule has 4 heteroatoms. The van der Waals surface area contributed by atoms with Gasteiger partial charge in [0.15, 0.2) is 0 Å². The van der Waals surface area contributed by atoms with Gasteiger partial charge in [0.1, 0.15) is 17.8 Å². The highest BCUT2D eigenvalue weighted by atomic mass is 19.1. The standard InChI is InChI=1S/C23H30FNO2/c1-15-4-3-10-23(2)13-21-18(12-20(15)23)19(22(26)27-21)14-25-11-9-16-5-7-17(24)8-6-16/h5-8,18-19,21,25H,3-4,9-14H2,1-2H3/p+1/t18-,19-,21-,23-/m1/s1. The van der Waals surface area contributed by atoms with E-state index in [2.05, 4.69) is 19.2 Å². The average molecular weight is 373 g/mol. The number of carbonyl (C=O) groups excluding carboxylic acids is 1. The van der Waals surface area contributed by atoms with Crippen LogP contribution in [0.25, 0.3) is 0 Å². The summed E-state index contributed by atoms with van der Waals surface area (Å²) in [6.45, 7) is 6.36. The van der Waals surface area contributed by atoms with Crippen molar-refractivity contribution in [2.75, 3.05) is 13.1 Å². The van der Waals surface area contributed by atoms with E-state index in [-0.39, 0.29) is 29.2 Å². The summed E-state index contributed by atoms with van der Waals surface area (Å²) < 4.78 is 18.8. The van der Waals surface area contributed by atoms with Crippen LogP contribution in [0.4, 0.5) is 4.39 Å². The SMILES string of the molecule is CC1=C2C[C@H]3[C@@H](C[C@@]2(C)CCC1)OC(=O)[C@@H]3C[NH2+]CCc1ccc(F)cc1. The fourth-order valence-corrected chi connectivity index (χ4v) is 5.60. The maximum atomic E-state index is 13.0. The molecule has 3 nitrogen and oxygen atoms in total. The third kappa shape index (κ3) is 3.69. The summed E-state index contributed by atoms with van der Waals surface area (Å²) in [6.07, 6.45) is 6.74. The first kappa shape index (κ1) is 18.7. The van der Waals surface area contributed by atoms with Gasteiger partial charge in [0.05, 0.1) is 13.1 Å². The number of carbonyl (C=O) groups is 1. The summed E-state index contributed by atoms with van der Waals surface area (Å²) in [4.78, 5) is 12.5. The molecule has 0 bridgehead atoms. The van der Waals surface area contributed by atoms with E-state index >= 15 is 0 Å². The number of hydrogen-bond acceptors (Lipinski definition) is 2. The highest BCUT2D eigenvalue weighted by Gasteiger charge is 2.53. The minimum absolute atomic E-state index is 0.00327. The Balaban J connectivity index is 1.36. The van der Waals surface area contributed by atoms with Gasteiger partial charge in [-0.25, -0.2) is 4.39 Å². The van der Waals surface area contributed by atoms with Crippen molar-refractivity contribution in [2.24, 2.45) is 17.3 Å². The molecule has 1 aromatic rings. The molecule has 0 unspecified atom stereocenters. The largest absolute Gasteiger partial charge is 0.462 e. The first-order chi connectivity index (χ1) is 13.0. The Hall–Kier alpha value is -1.68. The lowest BCUT2D eigenvalue weighted by Crippen LogP contribution is -2.86. The zero-order chi connectivity index (χ0) is 19.0. The van der Waals surface area contributed by atoms with Crippen LogP contribution in [0.5, 0.6) is 0 Å². The van der Waals surface area contributed by atoms with Crippen molar-refractivity contribution >= 4 is 5.97 Å². The Morgan fingerprint density at radius 1 is 1.30 bits per heavy atom. The first-order valence-corrected chi connectivity index (χ1v) is 10.4. The molecule has 1 heterocycles. The van der Waals surface area contributed by atoms with Crippen molar-refractivity contribution < 1.29 is 19.2 Å². The normalized spacial score (nSPS) is 32.9. The summed E-state index contributed by atoms with van der Waals surface area (Å²) in [5.41, 5.74) is 4.55. The molecule has 4 atom stereocenters. The van der Waals surface area contributed by atoms with Crippen molar-refractivity contribution in [3.05, 3.63) is 46.8 Å². The summed E-state index contributed by atoms with van der Waals surface area (Å²) in [5, 5.41) is 2.23. The lowest BCUT2D eigenvalue weighted by atomic mass is 9.59. The van der Waals surface area contributed by atoms with Gasteiger partial charge in [-0.2, -0.15) is 0 Å². The number of esters is 1. The zero-order valence-electron chi connectivity index (χ0n) is 16.5.